The highest BCUT2D eigenvalue weighted by molar-refractivity contribution is 6.09. The average Bonchev–Trinajstić information content (AvgIpc) is 2.35. The molecule has 0 aliphatic rings. The number of pyridine rings is 1. The lowest BCUT2D eigenvalue weighted by Gasteiger charge is -2.17. The van der Waals surface area contributed by atoms with Crippen molar-refractivity contribution >= 4 is 23.7 Å². The summed E-state index contributed by atoms with van der Waals surface area (Å²) in [6.07, 6.45) is 5.82. The second kappa shape index (κ2) is 5.95. The highest BCUT2D eigenvalue weighted by Gasteiger charge is 2.16. The van der Waals surface area contributed by atoms with Crippen LogP contribution in [0, 0.1) is 10.8 Å². The van der Waals surface area contributed by atoms with Crippen LogP contribution in [0.25, 0.3) is 5.57 Å². The van der Waals surface area contributed by atoms with E-state index in [9.17, 15) is 0 Å². The van der Waals surface area contributed by atoms with Gasteiger partial charge < -0.3 is 21.9 Å². The maximum Gasteiger partial charge on any atom is 0.104 e. The first-order valence-corrected chi connectivity index (χ1v) is 5.73. The van der Waals surface area contributed by atoms with Gasteiger partial charge in [-0.05, 0) is 11.5 Å². The first-order valence-electron chi connectivity index (χ1n) is 5.73. The van der Waals surface area contributed by atoms with Gasteiger partial charge in [-0.15, -0.1) is 0 Å². The van der Waals surface area contributed by atoms with Crippen molar-refractivity contribution in [3.05, 3.63) is 29.2 Å². The van der Waals surface area contributed by atoms with Crippen molar-refractivity contribution in [2.45, 2.75) is 19.8 Å². The molecule has 1 rings (SSSR count). The van der Waals surface area contributed by atoms with E-state index in [0.29, 0.717) is 11.4 Å². The smallest absolute Gasteiger partial charge is 0.104 e. The van der Waals surface area contributed by atoms with Crippen molar-refractivity contribution in [2.24, 2.45) is 0 Å². The molecule has 0 fully saturated rings. The van der Waals surface area contributed by atoms with Gasteiger partial charge in [0.15, 0.2) is 0 Å². The number of aromatic nitrogens is 1. The van der Waals surface area contributed by atoms with Crippen LogP contribution in [0.15, 0.2) is 12.4 Å². The summed E-state index contributed by atoms with van der Waals surface area (Å²) in [5.74, 6) is 0.196. The van der Waals surface area contributed by atoms with Gasteiger partial charge in [-0.2, -0.15) is 0 Å². The van der Waals surface area contributed by atoms with Gasteiger partial charge in [0.05, 0.1) is 5.69 Å². The van der Waals surface area contributed by atoms with E-state index >= 15 is 0 Å². The summed E-state index contributed by atoms with van der Waals surface area (Å²) in [5, 5.41) is 17.7. The molecule has 0 spiro atoms. The lowest BCUT2D eigenvalue weighted by Crippen LogP contribution is -2.09. The Morgan fingerprint density at radius 1 is 1.44 bits per heavy atom. The fraction of sp³-hybridized carbons (Fsp3) is 0.308. The van der Waals surface area contributed by atoms with E-state index in [1.807, 2.05) is 13.8 Å². The van der Waals surface area contributed by atoms with Crippen molar-refractivity contribution < 1.29 is 0 Å². The van der Waals surface area contributed by atoms with Crippen molar-refractivity contribution in [1.82, 2.24) is 10.3 Å². The Morgan fingerprint density at radius 2 is 2.11 bits per heavy atom. The number of hydrogen-bond acceptors (Lipinski definition) is 5. The molecule has 0 aliphatic heterocycles. The molecule has 18 heavy (non-hydrogen) atoms. The quantitative estimate of drug-likeness (QED) is 0.597. The van der Waals surface area contributed by atoms with Gasteiger partial charge in [-0.1, -0.05) is 13.8 Å². The van der Waals surface area contributed by atoms with Crippen LogP contribution in [0.2, 0.25) is 0 Å². The minimum absolute atomic E-state index is 0.196. The highest BCUT2D eigenvalue weighted by Crippen LogP contribution is 2.30. The molecule has 1 aromatic heterocycles. The highest BCUT2D eigenvalue weighted by atomic mass is 14.8. The molecule has 1 heterocycles. The molecule has 0 saturated carbocycles. The molecule has 0 aliphatic carbocycles. The van der Waals surface area contributed by atoms with Crippen LogP contribution >= 0.6 is 0 Å². The van der Waals surface area contributed by atoms with Gasteiger partial charge >= 0.3 is 0 Å². The molecule has 96 valence electrons. The van der Waals surface area contributed by atoms with E-state index < -0.39 is 0 Å². The fourth-order valence-corrected chi connectivity index (χ4v) is 1.88. The summed E-state index contributed by atoms with van der Waals surface area (Å²) in [5.41, 5.74) is 9.51. The van der Waals surface area contributed by atoms with Crippen molar-refractivity contribution in [1.29, 1.82) is 10.8 Å². The number of nitrogen functional groups attached to an aromatic ring is 1. The number of nitrogens with two attached hydrogens (primary N) is 1. The standard InChI is InChI=1S/C13H19N5/c1-8(2)12-10(9(4-14)6-17-3)7-18-11(5-15)13(12)16/h4-8,14-15,17H,16H2,1-3H3/b9-6+,14-4?,15-5?. The van der Waals surface area contributed by atoms with Gasteiger partial charge in [0.25, 0.3) is 0 Å². The van der Waals surface area contributed by atoms with Gasteiger partial charge in [0.2, 0.25) is 0 Å². The topological polar surface area (TPSA) is 98.6 Å². The van der Waals surface area contributed by atoms with Gasteiger partial charge in [-0.3, -0.25) is 4.98 Å². The third-order valence-electron chi connectivity index (χ3n) is 2.67. The second-order valence-corrected chi connectivity index (χ2v) is 4.22. The molecule has 5 nitrogen and oxygen atoms in total. The summed E-state index contributed by atoms with van der Waals surface area (Å²) < 4.78 is 0. The Morgan fingerprint density at radius 3 is 2.56 bits per heavy atom. The molecule has 5 heteroatoms. The molecule has 0 saturated heterocycles. The average molecular weight is 245 g/mol. The summed E-state index contributed by atoms with van der Waals surface area (Å²) in [6, 6.07) is 0. The summed E-state index contributed by atoms with van der Waals surface area (Å²) >= 11 is 0. The van der Waals surface area contributed by atoms with Gasteiger partial charge in [0, 0.05) is 43.0 Å². The summed E-state index contributed by atoms with van der Waals surface area (Å²) in [6.45, 7) is 4.06. The van der Waals surface area contributed by atoms with Crippen LogP contribution < -0.4 is 11.1 Å². The predicted octanol–water partition coefficient (Wildman–Crippen LogP) is 1.99. The number of nitrogens with one attached hydrogen (secondary N) is 3. The van der Waals surface area contributed by atoms with E-state index in [2.05, 4.69) is 10.3 Å². The van der Waals surface area contributed by atoms with Crippen LogP contribution in [-0.2, 0) is 0 Å². The SMILES string of the molecule is CN/C=C(\C=N)c1cnc(C=N)c(N)c1C(C)C. The predicted molar refractivity (Wildman–Crippen MR) is 76.4 cm³/mol. The van der Waals surface area contributed by atoms with Crippen molar-refractivity contribution in [3.63, 3.8) is 0 Å². The number of hydrogen-bond donors (Lipinski definition) is 4. The maximum atomic E-state index is 7.46. The van der Waals surface area contributed by atoms with E-state index in [-0.39, 0.29) is 5.92 Å². The van der Waals surface area contributed by atoms with Gasteiger partial charge in [-0.25, -0.2) is 0 Å². The molecule has 1 aromatic rings. The normalized spacial score (nSPS) is 11.4. The fourth-order valence-electron chi connectivity index (χ4n) is 1.88. The van der Waals surface area contributed by atoms with Crippen LogP contribution in [0.5, 0.6) is 0 Å². The zero-order valence-electron chi connectivity index (χ0n) is 10.9. The number of nitrogens with zero attached hydrogens (tertiary/aromatic N) is 1. The number of rotatable bonds is 5. The Bertz CT molecular complexity index is 488. The number of allylic oxidation sites excluding steroid dienone is 1. The van der Waals surface area contributed by atoms with Crippen LogP contribution in [0.3, 0.4) is 0 Å². The first-order chi connectivity index (χ1) is 8.56. The number of anilines is 1. The van der Waals surface area contributed by atoms with Crippen LogP contribution in [-0.4, -0.2) is 24.5 Å². The molecule has 0 radical (unpaired) electrons. The third kappa shape index (κ3) is 2.56. The summed E-state index contributed by atoms with van der Waals surface area (Å²) in [7, 11) is 1.78. The molecule has 5 N–H and O–H groups in total. The van der Waals surface area contributed by atoms with E-state index in [1.165, 1.54) is 6.21 Å². The maximum absolute atomic E-state index is 7.46. The zero-order valence-corrected chi connectivity index (χ0v) is 10.9. The van der Waals surface area contributed by atoms with Crippen LogP contribution in [0.4, 0.5) is 5.69 Å². The Balaban J connectivity index is 3.54. The molecular weight excluding hydrogens is 226 g/mol. The molecule has 0 unspecified atom stereocenters. The van der Waals surface area contributed by atoms with E-state index in [1.54, 1.807) is 19.4 Å². The van der Waals surface area contributed by atoms with Crippen molar-refractivity contribution in [3.8, 4) is 0 Å². The van der Waals surface area contributed by atoms with E-state index in [4.69, 9.17) is 16.6 Å². The molecule has 0 aromatic carbocycles. The Hall–Kier alpha value is -2.17. The van der Waals surface area contributed by atoms with E-state index in [0.717, 1.165) is 22.9 Å². The van der Waals surface area contributed by atoms with Crippen molar-refractivity contribution in [2.75, 3.05) is 12.8 Å². The monoisotopic (exact) mass is 245 g/mol. The first kappa shape index (κ1) is 13.9. The summed E-state index contributed by atoms with van der Waals surface area (Å²) in [4.78, 5) is 4.15. The lowest BCUT2D eigenvalue weighted by molar-refractivity contribution is 0.862. The Labute approximate surface area is 107 Å². The molecule has 0 atom stereocenters. The third-order valence-corrected chi connectivity index (χ3v) is 2.67. The molecule has 0 bridgehead atoms. The molecular formula is C13H19N5. The zero-order chi connectivity index (χ0) is 13.7. The van der Waals surface area contributed by atoms with Gasteiger partial charge in [0.1, 0.15) is 5.69 Å². The Kier molecular flexibility index (Phi) is 4.59. The minimum atomic E-state index is 0.196. The molecule has 0 amide bonds. The second-order valence-electron chi connectivity index (χ2n) is 4.22. The minimum Gasteiger partial charge on any atom is -0.397 e. The largest absolute Gasteiger partial charge is 0.397 e. The lowest BCUT2D eigenvalue weighted by atomic mass is 9.92. The van der Waals surface area contributed by atoms with Crippen LogP contribution in [0.1, 0.15) is 36.6 Å².